The summed E-state index contributed by atoms with van der Waals surface area (Å²) in [5, 5.41) is 1.16. The zero-order chi connectivity index (χ0) is 12.4. The summed E-state index contributed by atoms with van der Waals surface area (Å²) < 4.78 is 5.29. The number of amidine groups is 1. The van der Waals surface area contributed by atoms with Crippen molar-refractivity contribution in [1.29, 1.82) is 0 Å². The van der Waals surface area contributed by atoms with Gasteiger partial charge in [0.05, 0.1) is 16.1 Å². The van der Waals surface area contributed by atoms with E-state index in [1.807, 2.05) is 25.1 Å². The summed E-state index contributed by atoms with van der Waals surface area (Å²) >= 11 is 11.8. The fourth-order valence-electron chi connectivity index (χ4n) is 1.88. The molecule has 0 bridgehead atoms. The monoisotopic (exact) mass is 272 g/mol. The van der Waals surface area contributed by atoms with Gasteiger partial charge in [-0.3, -0.25) is 0 Å². The van der Waals surface area contributed by atoms with Gasteiger partial charge in [-0.2, -0.15) is 0 Å². The van der Waals surface area contributed by atoms with Gasteiger partial charge in [0.25, 0.3) is 6.02 Å². The van der Waals surface area contributed by atoms with Crippen LogP contribution < -0.4 is 5.73 Å². The van der Waals surface area contributed by atoms with Crippen LogP contribution in [0.25, 0.3) is 0 Å². The van der Waals surface area contributed by atoms with E-state index in [1.165, 1.54) is 0 Å². The first kappa shape index (κ1) is 12.5. The minimum Gasteiger partial charge on any atom is -0.460 e. The van der Waals surface area contributed by atoms with E-state index in [0.29, 0.717) is 10.0 Å². The maximum Gasteiger partial charge on any atom is 0.282 e. The SMILES string of the molecule is C[C@H]1OC(N)=N[C@H]1CCc1ccc(Cl)c(Cl)c1. The largest absolute Gasteiger partial charge is 0.460 e. The predicted molar refractivity (Wildman–Crippen MR) is 70.7 cm³/mol. The molecular formula is C12H14Cl2N2O. The Morgan fingerprint density at radius 2 is 2.12 bits per heavy atom. The fourth-order valence-corrected chi connectivity index (χ4v) is 2.20. The highest BCUT2D eigenvalue weighted by molar-refractivity contribution is 6.42. The molecule has 2 N–H and O–H groups in total. The minimum absolute atomic E-state index is 0.0535. The zero-order valence-corrected chi connectivity index (χ0v) is 11.0. The Bertz CT molecular complexity index is 448. The van der Waals surface area contributed by atoms with Crippen LogP contribution in [0.2, 0.25) is 10.0 Å². The molecule has 0 aromatic heterocycles. The number of hydrogen-bond donors (Lipinski definition) is 1. The molecule has 2 rings (SSSR count). The van der Waals surface area contributed by atoms with Crippen molar-refractivity contribution in [1.82, 2.24) is 0 Å². The van der Waals surface area contributed by atoms with Gasteiger partial charge in [-0.15, -0.1) is 0 Å². The standard InChI is InChI=1S/C12H14Cl2N2O/c1-7-11(16-12(15)17-7)5-3-8-2-4-9(13)10(14)6-8/h2,4,6-7,11H,3,5H2,1H3,(H2,15,16)/t7-,11+/m1/s1. The van der Waals surface area contributed by atoms with Crippen molar-refractivity contribution in [3.05, 3.63) is 33.8 Å². The molecule has 1 aromatic carbocycles. The van der Waals surface area contributed by atoms with Gasteiger partial charge < -0.3 is 10.5 Å². The maximum atomic E-state index is 5.96. The normalized spacial score (nSPS) is 23.4. The van der Waals surface area contributed by atoms with E-state index in [0.717, 1.165) is 18.4 Å². The van der Waals surface area contributed by atoms with Gasteiger partial charge in [0.2, 0.25) is 0 Å². The van der Waals surface area contributed by atoms with Crippen molar-refractivity contribution >= 4 is 29.2 Å². The van der Waals surface area contributed by atoms with E-state index < -0.39 is 0 Å². The van der Waals surface area contributed by atoms with Gasteiger partial charge in [-0.25, -0.2) is 4.99 Å². The predicted octanol–water partition coefficient (Wildman–Crippen LogP) is 3.03. The second-order valence-electron chi connectivity index (χ2n) is 4.14. The molecule has 0 radical (unpaired) electrons. The summed E-state index contributed by atoms with van der Waals surface area (Å²) in [7, 11) is 0. The molecule has 0 aliphatic carbocycles. The second-order valence-corrected chi connectivity index (χ2v) is 4.96. The summed E-state index contributed by atoms with van der Waals surface area (Å²) in [6.07, 6.45) is 1.82. The van der Waals surface area contributed by atoms with E-state index in [4.69, 9.17) is 33.7 Å². The Morgan fingerprint density at radius 3 is 2.71 bits per heavy atom. The van der Waals surface area contributed by atoms with Crippen LogP contribution in [0.1, 0.15) is 18.9 Å². The first-order chi connectivity index (χ1) is 8.06. The molecule has 1 heterocycles. The molecule has 1 aliphatic rings. The molecule has 0 saturated carbocycles. The van der Waals surface area contributed by atoms with Gasteiger partial charge in [0.1, 0.15) is 6.10 Å². The van der Waals surface area contributed by atoms with Gasteiger partial charge in [-0.1, -0.05) is 29.3 Å². The van der Waals surface area contributed by atoms with Crippen LogP contribution in [0.5, 0.6) is 0 Å². The lowest BCUT2D eigenvalue weighted by molar-refractivity contribution is 0.205. The summed E-state index contributed by atoms with van der Waals surface area (Å²) in [5.74, 6) is 0. The number of aliphatic imine (C=N–C) groups is 1. The van der Waals surface area contributed by atoms with Crippen LogP contribution in [0.3, 0.4) is 0 Å². The number of nitrogens with two attached hydrogens (primary N) is 1. The summed E-state index contributed by atoms with van der Waals surface area (Å²) in [6.45, 7) is 1.98. The molecule has 17 heavy (non-hydrogen) atoms. The maximum absolute atomic E-state index is 5.96. The van der Waals surface area contributed by atoms with E-state index in [1.54, 1.807) is 0 Å². The Labute approximate surface area is 111 Å². The van der Waals surface area contributed by atoms with Crippen LogP contribution in [-0.4, -0.2) is 18.2 Å². The molecule has 1 aromatic rings. The van der Waals surface area contributed by atoms with Crippen LogP contribution in [-0.2, 0) is 11.2 Å². The molecule has 2 atom stereocenters. The van der Waals surface area contributed by atoms with Gasteiger partial charge >= 0.3 is 0 Å². The number of rotatable bonds is 3. The molecule has 0 saturated heterocycles. The molecule has 92 valence electrons. The third-order valence-corrected chi connectivity index (χ3v) is 3.59. The average Bonchev–Trinajstić information content (AvgIpc) is 2.59. The highest BCUT2D eigenvalue weighted by Crippen LogP contribution is 2.24. The topological polar surface area (TPSA) is 47.6 Å². The number of hydrogen-bond acceptors (Lipinski definition) is 3. The van der Waals surface area contributed by atoms with E-state index in [9.17, 15) is 0 Å². The lowest BCUT2D eigenvalue weighted by Crippen LogP contribution is -2.20. The summed E-state index contributed by atoms with van der Waals surface area (Å²) in [4.78, 5) is 4.24. The Balaban J connectivity index is 1.96. The van der Waals surface area contributed by atoms with Crippen molar-refractivity contribution < 1.29 is 4.74 Å². The average molecular weight is 273 g/mol. The van der Waals surface area contributed by atoms with E-state index >= 15 is 0 Å². The lowest BCUT2D eigenvalue weighted by atomic mass is 10.0. The molecule has 0 amide bonds. The Kier molecular flexibility index (Phi) is 3.79. The number of aryl methyl sites for hydroxylation is 1. The Hall–Kier alpha value is -0.930. The molecule has 5 heteroatoms. The van der Waals surface area contributed by atoms with Crippen LogP contribution in [0.4, 0.5) is 0 Å². The highest BCUT2D eigenvalue weighted by atomic mass is 35.5. The molecule has 3 nitrogen and oxygen atoms in total. The number of benzene rings is 1. The van der Waals surface area contributed by atoms with Gasteiger partial charge in [-0.05, 0) is 37.5 Å². The lowest BCUT2D eigenvalue weighted by Gasteiger charge is -2.12. The molecule has 1 aliphatic heterocycles. The van der Waals surface area contributed by atoms with Crippen LogP contribution in [0.15, 0.2) is 23.2 Å². The van der Waals surface area contributed by atoms with E-state index in [2.05, 4.69) is 4.99 Å². The zero-order valence-electron chi connectivity index (χ0n) is 9.49. The van der Waals surface area contributed by atoms with Crippen molar-refractivity contribution in [2.45, 2.75) is 31.9 Å². The number of ether oxygens (including phenoxy) is 1. The second kappa shape index (κ2) is 5.15. The minimum atomic E-state index is 0.0535. The third kappa shape index (κ3) is 3.05. The van der Waals surface area contributed by atoms with Gasteiger partial charge in [0.15, 0.2) is 0 Å². The first-order valence-corrected chi connectivity index (χ1v) is 6.25. The number of nitrogens with zero attached hydrogens (tertiary/aromatic N) is 1. The third-order valence-electron chi connectivity index (χ3n) is 2.85. The first-order valence-electron chi connectivity index (χ1n) is 5.50. The van der Waals surface area contributed by atoms with Crippen LogP contribution in [0, 0.1) is 0 Å². The Morgan fingerprint density at radius 1 is 1.35 bits per heavy atom. The van der Waals surface area contributed by atoms with Crippen molar-refractivity contribution in [2.75, 3.05) is 0 Å². The quantitative estimate of drug-likeness (QED) is 0.920. The summed E-state index contributed by atoms with van der Waals surface area (Å²) in [5.41, 5.74) is 6.66. The molecule has 0 spiro atoms. The fraction of sp³-hybridized carbons (Fsp3) is 0.417. The van der Waals surface area contributed by atoms with E-state index in [-0.39, 0.29) is 18.2 Å². The van der Waals surface area contributed by atoms with Crippen molar-refractivity contribution in [2.24, 2.45) is 10.7 Å². The van der Waals surface area contributed by atoms with Crippen LogP contribution >= 0.6 is 23.2 Å². The van der Waals surface area contributed by atoms with Crippen molar-refractivity contribution in [3.8, 4) is 0 Å². The molecule has 0 fully saturated rings. The smallest absolute Gasteiger partial charge is 0.282 e. The highest BCUT2D eigenvalue weighted by Gasteiger charge is 2.25. The van der Waals surface area contributed by atoms with Gasteiger partial charge in [0, 0.05) is 0 Å². The molecule has 0 unspecified atom stereocenters. The number of halogens is 2. The van der Waals surface area contributed by atoms with Crippen molar-refractivity contribution in [3.63, 3.8) is 0 Å². The summed E-state index contributed by atoms with van der Waals surface area (Å²) in [6, 6.07) is 6.09. The molecular weight excluding hydrogens is 259 g/mol.